The first-order chi connectivity index (χ1) is 7.89. The fraction of sp³-hybridized carbons (Fsp3) is 1.00. The Hall–Kier alpha value is -0.0900. The minimum atomic E-state index is -2.72. The molecule has 1 heterocycles. The lowest BCUT2D eigenvalue weighted by atomic mass is 10.0. The summed E-state index contributed by atoms with van der Waals surface area (Å²) in [5, 5.41) is 3.57. The van der Waals surface area contributed by atoms with Gasteiger partial charge in [-0.25, -0.2) is 8.42 Å². The summed E-state index contributed by atoms with van der Waals surface area (Å²) in [4.78, 5) is 0. The Balaban J connectivity index is 2.17. The zero-order valence-corrected chi connectivity index (χ0v) is 12.2. The summed E-state index contributed by atoms with van der Waals surface area (Å²) in [7, 11) is -2.72. The molecule has 0 aromatic heterocycles. The van der Waals surface area contributed by atoms with Gasteiger partial charge >= 0.3 is 0 Å². The van der Waals surface area contributed by atoms with Gasteiger partial charge in [-0.15, -0.1) is 0 Å². The van der Waals surface area contributed by atoms with Gasteiger partial charge in [-0.05, 0) is 32.1 Å². The van der Waals surface area contributed by atoms with E-state index in [2.05, 4.69) is 26.1 Å². The maximum atomic E-state index is 11.3. The highest BCUT2D eigenvalue weighted by atomic mass is 32.2. The van der Waals surface area contributed by atoms with Crippen molar-refractivity contribution in [1.29, 1.82) is 0 Å². The summed E-state index contributed by atoms with van der Waals surface area (Å²) in [6.45, 7) is 6.72. The van der Waals surface area contributed by atoms with Crippen LogP contribution in [0.4, 0.5) is 0 Å². The quantitative estimate of drug-likeness (QED) is 0.798. The maximum Gasteiger partial charge on any atom is 0.150 e. The Morgan fingerprint density at radius 3 is 2.24 bits per heavy atom. The molecule has 0 saturated carbocycles. The fourth-order valence-corrected chi connectivity index (χ4v) is 3.87. The van der Waals surface area contributed by atoms with Crippen LogP contribution in [-0.4, -0.2) is 32.0 Å². The van der Waals surface area contributed by atoms with E-state index >= 15 is 0 Å². The molecule has 0 bridgehead atoms. The molecule has 0 aromatic carbocycles. The van der Waals surface area contributed by atoms with E-state index < -0.39 is 9.84 Å². The molecule has 1 atom stereocenters. The van der Waals surface area contributed by atoms with E-state index in [1.54, 1.807) is 0 Å². The highest BCUT2D eigenvalue weighted by Crippen LogP contribution is 2.14. The van der Waals surface area contributed by atoms with Crippen molar-refractivity contribution in [2.45, 2.75) is 65.0 Å². The number of hydrogen-bond donors (Lipinski definition) is 1. The van der Waals surface area contributed by atoms with E-state index in [4.69, 9.17) is 0 Å². The molecule has 4 heteroatoms. The second kappa shape index (κ2) is 6.74. The smallest absolute Gasteiger partial charge is 0.150 e. The van der Waals surface area contributed by atoms with E-state index in [0.717, 1.165) is 18.8 Å². The average Bonchev–Trinajstić information content (AvgIpc) is 2.21. The van der Waals surface area contributed by atoms with Crippen molar-refractivity contribution < 1.29 is 8.42 Å². The highest BCUT2D eigenvalue weighted by Gasteiger charge is 2.24. The minimum absolute atomic E-state index is 0.364. The van der Waals surface area contributed by atoms with Gasteiger partial charge in [-0.1, -0.05) is 26.7 Å². The lowest BCUT2D eigenvalue weighted by molar-refractivity contribution is 0.384. The molecule has 3 nitrogen and oxygen atoms in total. The molecule has 1 N–H and O–H groups in total. The van der Waals surface area contributed by atoms with Gasteiger partial charge in [0.2, 0.25) is 0 Å². The van der Waals surface area contributed by atoms with Crippen molar-refractivity contribution in [3.63, 3.8) is 0 Å². The Labute approximate surface area is 106 Å². The highest BCUT2D eigenvalue weighted by molar-refractivity contribution is 7.91. The summed E-state index contributed by atoms with van der Waals surface area (Å²) >= 11 is 0. The number of nitrogens with one attached hydrogen (secondary N) is 1. The van der Waals surface area contributed by atoms with Crippen LogP contribution in [0.3, 0.4) is 0 Å². The van der Waals surface area contributed by atoms with Gasteiger partial charge in [-0.2, -0.15) is 0 Å². The summed E-state index contributed by atoms with van der Waals surface area (Å²) in [5.41, 5.74) is 0. The van der Waals surface area contributed by atoms with Crippen LogP contribution in [0.1, 0.15) is 52.9 Å². The van der Waals surface area contributed by atoms with E-state index in [1.165, 1.54) is 19.3 Å². The summed E-state index contributed by atoms with van der Waals surface area (Å²) in [5.74, 6) is 1.51. The van der Waals surface area contributed by atoms with E-state index in [-0.39, 0.29) is 0 Å². The normalized spacial score (nSPS) is 22.8. The Morgan fingerprint density at radius 2 is 1.71 bits per heavy atom. The summed E-state index contributed by atoms with van der Waals surface area (Å²) < 4.78 is 22.6. The molecule has 1 aliphatic heterocycles. The Kier molecular flexibility index (Phi) is 5.93. The van der Waals surface area contributed by atoms with Gasteiger partial charge in [0.05, 0.1) is 11.5 Å². The molecule has 0 aliphatic carbocycles. The van der Waals surface area contributed by atoms with Crippen LogP contribution < -0.4 is 5.32 Å². The summed E-state index contributed by atoms with van der Waals surface area (Å²) in [6.07, 6.45) is 5.32. The first-order valence-electron chi connectivity index (χ1n) is 6.85. The maximum absolute atomic E-state index is 11.3. The second-order valence-corrected chi connectivity index (χ2v) is 8.12. The Morgan fingerprint density at radius 1 is 1.12 bits per heavy atom. The lowest BCUT2D eigenvalue weighted by Gasteiger charge is -2.26. The number of sulfone groups is 1. The lowest BCUT2D eigenvalue weighted by Crippen LogP contribution is -2.41. The predicted molar refractivity (Wildman–Crippen MR) is 73.0 cm³/mol. The largest absolute Gasteiger partial charge is 0.311 e. The SMILES string of the molecule is CC(C)CCCC(C)NC1CCS(=O)(=O)CC1. The molecule has 0 radical (unpaired) electrons. The molecular formula is C13H27NO2S. The van der Waals surface area contributed by atoms with Crippen molar-refractivity contribution in [2.24, 2.45) is 5.92 Å². The zero-order valence-electron chi connectivity index (χ0n) is 11.4. The van der Waals surface area contributed by atoms with Crippen LogP contribution >= 0.6 is 0 Å². The fourth-order valence-electron chi connectivity index (χ4n) is 2.37. The van der Waals surface area contributed by atoms with Crippen LogP contribution in [0.2, 0.25) is 0 Å². The molecule has 1 fully saturated rings. The second-order valence-electron chi connectivity index (χ2n) is 5.82. The van der Waals surface area contributed by atoms with Gasteiger partial charge in [0, 0.05) is 12.1 Å². The van der Waals surface area contributed by atoms with Crippen LogP contribution in [-0.2, 0) is 9.84 Å². The average molecular weight is 261 g/mol. The molecule has 0 amide bonds. The van der Waals surface area contributed by atoms with Crippen molar-refractivity contribution in [1.82, 2.24) is 5.32 Å². The van der Waals surface area contributed by atoms with E-state index in [1.807, 2.05) is 0 Å². The number of hydrogen-bond acceptors (Lipinski definition) is 3. The molecule has 1 unspecified atom stereocenters. The Bertz CT molecular complexity index is 297. The van der Waals surface area contributed by atoms with E-state index in [0.29, 0.717) is 23.6 Å². The van der Waals surface area contributed by atoms with Crippen molar-refractivity contribution >= 4 is 9.84 Å². The molecular weight excluding hydrogens is 234 g/mol. The van der Waals surface area contributed by atoms with Gasteiger partial charge in [0.15, 0.2) is 0 Å². The van der Waals surface area contributed by atoms with Crippen LogP contribution in [0.25, 0.3) is 0 Å². The van der Waals surface area contributed by atoms with E-state index in [9.17, 15) is 8.42 Å². The summed E-state index contributed by atoms with van der Waals surface area (Å²) in [6, 6.07) is 0.923. The van der Waals surface area contributed by atoms with Crippen LogP contribution in [0.15, 0.2) is 0 Å². The molecule has 102 valence electrons. The minimum Gasteiger partial charge on any atom is -0.311 e. The first-order valence-corrected chi connectivity index (χ1v) is 8.67. The van der Waals surface area contributed by atoms with Crippen molar-refractivity contribution in [2.75, 3.05) is 11.5 Å². The molecule has 1 saturated heterocycles. The topological polar surface area (TPSA) is 46.2 Å². The molecule has 17 heavy (non-hydrogen) atoms. The monoisotopic (exact) mass is 261 g/mol. The molecule has 0 aromatic rings. The molecule has 0 spiro atoms. The van der Waals surface area contributed by atoms with Crippen LogP contribution in [0, 0.1) is 5.92 Å². The van der Waals surface area contributed by atoms with Crippen molar-refractivity contribution in [3.8, 4) is 0 Å². The van der Waals surface area contributed by atoms with Gasteiger partial charge in [0.1, 0.15) is 9.84 Å². The first kappa shape index (κ1) is 15.0. The third kappa shape index (κ3) is 6.41. The van der Waals surface area contributed by atoms with Gasteiger partial charge < -0.3 is 5.32 Å². The number of rotatable bonds is 6. The molecule has 1 rings (SSSR count). The third-order valence-electron chi connectivity index (χ3n) is 3.49. The molecule has 1 aliphatic rings. The third-order valence-corrected chi connectivity index (χ3v) is 5.21. The predicted octanol–water partition coefficient (Wildman–Crippen LogP) is 2.37. The van der Waals surface area contributed by atoms with Crippen LogP contribution in [0.5, 0.6) is 0 Å². The zero-order chi connectivity index (χ0) is 12.9. The standard InChI is InChI=1S/C13H27NO2S/c1-11(2)5-4-6-12(3)14-13-7-9-17(15,16)10-8-13/h11-14H,4-10H2,1-3H3. The van der Waals surface area contributed by atoms with Crippen molar-refractivity contribution in [3.05, 3.63) is 0 Å². The van der Waals surface area contributed by atoms with Gasteiger partial charge in [-0.3, -0.25) is 0 Å². The van der Waals surface area contributed by atoms with Gasteiger partial charge in [0.25, 0.3) is 0 Å².